The highest BCUT2D eigenvalue weighted by atomic mass is 32.7. The van der Waals surface area contributed by atoms with Gasteiger partial charge in [-0.25, -0.2) is 4.79 Å². The molecule has 2 heterocycles. The van der Waals surface area contributed by atoms with Crippen LogP contribution in [0, 0.1) is 5.92 Å². The van der Waals surface area contributed by atoms with Gasteiger partial charge in [-0.3, -0.25) is 28.5 Å². The third-order valence-electron chi connectivity index (χ3n) is 3.98. The first-order valence-electron chi connectivity index (χ1n) is 7.50. The fourth-order valence-electron chi connectivity index (χ4n) is 2.80. The van der Waals surface area contributed by atoms with Crippen LogP contribution < -0.4 is 11.2 Å². The standard InChI is InChI=1S/C13H17N2O10PS/c1-23-9-8(25-26(22)27)6(4-5(11(17)18)12(19)20)24-10(9)15-3-2-7(16)14-13(15)21/h2-3,5-6,8-10,26H,4H2,1H3,(H,17,18)(H,19,20)(H,22,27)(H,14,16,21)/t6-,8?,9+,10-/m1/s1. The van der Waals surface area contributed by atoms with E-state index in [1.807, 2.05) is 4.98 Å². The molecule has 0 saturated carbocycles. The SMILES string of the molecule is CO[C@H]1C(O[PH](=O)S)[C@@H](CC(C(=O)O)C(=O)O)O[C@H]1n1ccc(=O)[nH]c1=O. The highest BCUT2D eigenvalue weighted by Crippen LogP contribution is 2.41. The van der Waals surface area contributed by atoms with Crippen LogP contribution in [-0.4, -0.2) is 57.1 Å². The number of aliphatic carboxylic acids is 2. The van der Waals surface area contributed by atoms with E-state index >= 15 is 0 Å². The monoisotopic (exact) mass is 424 g/mol. The molecular weight excluding hydrogens is 407 g/mol. The maximum Gasteiger partial charge on any atom is 0.330 e. The second-order valence-electron chi connectivity index (χ2n) is 5.60. The lowest BCUT2D eigenvalue weighted by molar-refractivity contribution is -0.157. The number of carboxylic acids is 2. The number of nitrogens with one attached hydrogen (secondary N) is 1. The lowest BCUT2D eigenvalue weighted by atomic mass is 9.97. The Hall–Kier alpha value is -1.92. The number of aromatic amines is 1. The molecule has 1 fully saturated rings. The Morgan fingerprint density at radius 2 is 2.00 bits per heavy atom. The van der Waals surface area contributed by atoms with Gasteiger partial charge in [-0.1, -0.05) is 12.2 Å². The molecule has 0 aliphatic carbocycles. The average molecular weight is 424 g/mol. The van der Waals surface area contributed by atoms with Crippen molar-refractivity contribution in [2.24, 2.45) is 5.92 Å². The van der Waals surface area contributed by atoms with Gasteiger partial charge < -0.3 is 24.2 Å². The molecule has 150 valence electrons. The number of hydrogen-bond donors (Lipinski definition) is 4. The zero-order chi connectivity index (χ0) is 20.3. The summed E-state index contributed by atoms with van der Waals surface area (Å²) >= 11 is 3.68. The van der Waals surface area contributed by atoms with Gasteiger partial charge in [0.15, 0.2) is 12.1 Å². The first-order valence-corrected chi connectivity index (χ1v) is 10.1. The summed E-state index contributed by atoms with van der Waals surface area (Å²) in [5, 5.41) is 18.2. The zero-order valence-electron chi connectivity index (χ0n) is 13.8. The van der Waals surface area contributed by atoms with Gasteiger partial charge in [-0.15, -0.1) is 0 Å². The highest BCUT2D eigenvalue weighted by molar-refractivity contribution is 8.39. The van der Waals surface area contributed by atoms with E-state index in [2.05, 4.69) is 12.2 Å². The van der Waals surface area contributed by atoms with Crippen LogP contribution >= 0.6 is 19.5 Å². The minimum atomic E-state index is -2.84. The van der Waals surface area contributed by atoms with Gasteiger partial charge >= 0.3 is 17.6 Å². The number of nitrogens with zero attached hydrogens (tertiary/aromatic N) is 1. The number of methoxy groups -OCH3 is 1. The molecule has 14 heteroatoms. The number of H-pyrrole nitrogens is 1. The van der Waals surface area contributed by atoms with Crippen LogP contribution in [0.1, 0.15) is 12.6 Å². The van der Waals surface area contributed by atoms with E-state index in [0.717, 1.165) is 16.8 Å². The molecule has 0 radical (unpaired) electrons. The van der Waals surface area contributed by atoms with Crippen LogP contribution in [0.5, 0.6) is 0 Å². The van der Waals surface area contributed by atoms with Gasteiger partial charge in [-0.2, -0.15) is 0 Å². The molecule has 2 unspecified atom stereocenters. The Bertz CT molecular complexity index is 840. The smallest absolute Gasteiger partial charge is 0.330 e. The van der Waals surface area contributed by atoms with Gasteiger partial charge in [0.25, 0.3) is 5.56 Å². The predicted molar refractivity (Wildman–Crippen MR) is 92.3 cm³/mol. The number of thiol groups is 1. The third kappa shape index (κ3) is 4.87. The van der Waals surface area contributed by atoms with E-state index in [1.165, 1.54) is 7.11 Å². The molecule has 0 bridgehead atoms. The lowest BCUT2D eigenvalue weighted by Crippen LogP contribution is -2.39. The van der Waals surface area contributed by atoms with Crippen molar-refractivity contribution in [1.82, 2.24) is 9.55 Å². The first-order chi connectivity index (χ1) is 12.6. The number of rotatable bonds is 8. The maximum absolute atomic E-state index is 12.0. The molecule has 1 saturated heterocycles. The molecule has 1 aliphatic heterocycles. The van der Waals surface area contributed by atoms with Crippen molar-refractivity contribution in [3.8, 4) is 0 Å². The molecule has 0 aromatic carbocycles. The number of carbonyl (C=O) groups is 2. The van der Waals surface area contributed by atoms with E-state index in [4.69, 9.17) is 24.2 Å². The molecule has 1 aromatic rings. The normalized spacial score (nSPS) is 26.2. The third-order valence-corrected chi connectivity index (χ3v) is 4.77. The van der Waals surface area contributed by atoms with Crippen molar-refractivity contribution in [3.63, 3.8) is 0 Å². The van der Waals surface area contributed by atoms with E-state index in [1.54, 1.807) is 0 Å². The van der Waals surface area contributed by atoms with Gasteiger partial charge in [0.1, 0.15) is 12.2 Å². The first kappa shape index (κ1) is 21.4. The molecule has 0 amide bonds. The second-order valence-corrected chi connectivity index (χ2v) is 7.46. The molecule has 0 spiro atoms. The molecule has 12 nitrogen and oxygen atoms in total. The van der Waals surface area contributed by atoms with Crippen LogP contribution in [0.2, 0.25) is 0 Å². The summed E-state index contributed by atoms with van der Waals surface area (Å²) in [7, 11) is -1.60. The quantitative estimate of drug-likeness (QED) is 0.238. The highest BCUT2D eigenvalue weighted by Gasteiger charge is 2.49. The molecule has 1 aliphatic rings. The maximum atomic E-state index is 12.0. The minimum absolute atomic E-state index is 0.535. The van der Waals surface area contributed by atoms with Gasteiger partial charge in [0.05, 0.1) is 6.10 Å². The van der Waals surface area contributed by atoms with E-state index in [0.29, 0.717) is 0 Å². The van der Waals surface area contributed by atoms with Crippen LogP contribution in [0.3, 0.4) is 0 Å². The summed E-state index contributed by atoms with van der Waals surface area (Å²) in [6.45, 7) is 0. The fourth-order valence-corrected chi connectivity index (χ4v) is 3.68. The lowest BCUT2D eigenvalue weighted by Gasteiger charge is -2.23. The van der Waals surface area contributed by atoms with Crippen molar-refractivity contribution < 1.29 is 38.4 Å². The van der Waals surface area contributed by atoms with Crippen LogP contribution in [-0.2, 0) is 28.2 Å². The van der Waals surface area contributed by atoms with Crippen molar-refractivity contribution in [2.75, 3.05) is 7.11 Å². The molecule has 2 rings (SSSR count). The van der Waals surface area contributed by atoms with Gasteiger partial charge in [0, 0.05) is 25.8 Å². The summed E-state index contributed by atoms with van der Waals surface area (Å²) < 4.78 is 28.5. The number of ether oxygens (including phenoxy) is 2. The van der Waals surface area contributed by atoms with Crippen LogP contribution in [0.25, 0.3) is 0 Å². The Labute approximate surface area is 157 Å². The Morgan fingerprint density at radius 3 is 2.48 bits per heavy atom. The second kappa shape index (κ2) is 8.85. The Kier molecular flexibility index (Phi) is 7.00. The molecule has 1 aromatic heterocycles. The predicted octanol–water partition coefficient (Wildman–Crippen LogP) is -0.671. The number of aromatic nitrogens is 2. The summed E-state index contributed by atoms with van der Waals surface area (Å²) in [6.07, 6.45) is -3.99. The fraction of sp³-hybridized carbons (Fsp3) is 0.538. The molecule has 3 N–H and O–H groups in total. The van der Waals surface area contributed by atoms with Crippen molar-refractivity contribution in [2.45, 2.75) is 31.0 Å². The van der Waals surface area contributed by atoms with E-state index in [-0.39, 0.29) is 0 Å². The Balaban J connectivity index is 2.41. The molecule has 5 atom stereocenters. The molecule has 27 heavy (non-hydrogen) atoms. The van der Waals surface area contributed by atoms with E-state index < -0.39 is 67.3 Å². The summed E-state index contributed by atoms with van der Waals surface area (Å²) in [5.41, 5.74) is -1.48. The Morgan fingerprint density at radius 1 is 1.37 bits per heavy atom. The van der Waals surface area contributed by atoms with Crippen molar-refractivity contribution in [1.29, 1.82) is 0 Å². The summed E-state index contributed by atoms with van der Waals surface area (Å²) in [4.78, 5) is 47.7. The largest absolute Gasteiger partial charge is 0.481 e. The van der Waals surface area contributed by atoms with Crippen LogP contribution in [0.4, 0.5) is 0 Å². The van der Waals surface area contributed by atoms with Crippen LogP contribution in [0.15, 0.2) is 21.9 Å². The average Bonchev–Trinajstić information content (AvgIpc) is 2.88. The van der Waals surface area contributed by atoms with Gasteiger partial charge in [-0.05, 0) is 0 Å². The van der Waals surface area contributed by atoms with E-state index in [9.17, 15) is 23.7 Å². The van der Waals surface area contributed by atoms with Crippen molar-refractivity contribution in [3.05, 3.63) is 33.1 Å². The van der Waals surface area contributed by atoms with Crippen molar-refractivity contribution >= 4 is 31.4 Å². The van der Waals surface area contributed by atoms with Gasteiger partial charge in [0.2, 0.25) is 7.23 Å². The minimum Gasteiger partial charge on any atom is -0.481 e. The zero-order valence-corrected chi connectivity index (χ0v) is 15.7. The molecular formula is C13H17N2O10PS. The number of carboxylic acid groups (broad SMARTS) is 2. The topological polar surface area (TPSA) is 174 Å². The number of hydrogen-bond acceptors (Lipinski definition) is 8. The summed E-state index contributed by atoms with van der Waals surface area (Å²) in [5.74, 6) is -5.02. The summed E-state index contributed by atoms with van der Waals surface area (Å²) in [6, 6.07) is 1.05.